The lowest BCUT2D eigenvalue weighted by Crippen LogP contribution is -2.44. The number of nitrogens with zero attached hydrogens (tertiary/aromatic N) is 5. The van der Waals surface area contributed by atoms with E-state index in [0.717, 1.165) is 62.6 Å². The summed E-state index contributed by atoms with van der Waals surface area (Å²) in [5.41, 5.74) is 1.14. The summed E-state index contributed by atoms with van der Waals surface area (Å²) >= 11 is 0. The molecule has 2 aliphatic heterocycles. The van der Waals surface area contributed by atoms with Crippen molar-refractivity contribution in [2.45, 2.75) is 43.4 Å². The molecule has 1 unspecified atom stereocenters. The molecular weight excluding hydrogens is 344 g/mol. The number of piperidine rings is 1. The number of carbonyl (C=O) groups is 1. The Balaban J connectivity index is 1.29. The van der Waals surface area contributed by atoms with Gasteiger partial charge >= 0.3 is 0 Å². The van der Waals surface area contributed by atoms with Gasteiger partial charge in [-0.25, -0.2) is 0 Å². The fraction of sp³-hybridized carbons (Fsp3) is 0.684. The van der Waals surface area contributed by atoms with Gasteiger partial charge in [-0.2, -0.15) is 10.1 Å². The number of hydrogen-bond acceptors (Lipinski definition) is 6. The van der Waals surface area contributed by atoms with Crippen molar-refractivity contribution in [3.05, 3.63) is 29.7 Å². The first-order chi connectivity index (χ1) is 13.2. The van der Waals surface area contributed by atoms with E-state index in [9.17, 15) is 4.79 Å². The van der Waals surface area contributed by atoms with Crippen LogP contribution in [-0.4, -0.2) is 56.9 Å². The van der Waals surface area contributed by atoms with Crippen LogP contribution in [0.15, 0.2) is 16.9 Å². The van der Waals surface area contributed by atoms with Gasteiger partial charge in [-0.15, -0.1) is 0 Å². The Bertz CT molecular complexity index is 826. The third-order valence-corrected chi connectivity index (χ3v) is 6.17. The van der Waals surface area contributed by atoms with Gasteiger partial charge in [-0.05, 0) is 31.2 Å². The van der Waals surface area contributed by atoms with Gasteiger partial charge in [0.25, 0.3) is 0 Å². The molecule has 1 amide bonds. The second-order valence-electron chi connectivity index (χ2n) is 8.21. The highest BCUT2D eigenvalue weighted by molar-refractivity contribution is 5.80. The zero-order chi connectivity index (χ0) is 18.4. The minimum absolute atomic E-state index is 0.0276. The maximum atomic E-state index is 13.3. The molecule has 144 valence electrons. The maximum absolute atomic E-state index is 13.3. The minimum atomic E-state index is -0.0276. The monoisotopic (exact) mass is 370 g/mol. The first kappa shape index (κ1) is 16.9. The summed E-state index contributed by atoms with van der Waals surface area (Å²) in [6.07, 6.45) is 8.22. The van der Waals surface area contributed by atoms with Crippen LogP contribution in [0.4, 0.5) is 0 Å². The summed E-state index contributed by atoms with van der Waals surface area (Å²) in [7, 11) is 1.92. The average molecular weight is 370 g/mol. The highest BCUT2D eigenvalue weighted by Gasteiger charge is 2.39. The van der Waals surface area contributed by atoms with Gasteiger partial charge in [0.15, 0.2) is 5.82 Å². The zero-order valence-electron chi connectivity index (χ0n) is 15.7. The molecule has 8 nitrogen and oxygen atoms in total. The number of amides is 1. The second kappa shape index (κ2) is 6.74. The van der Waals surface area contributed by atoms with Crippen LogP contribution in [0.5, 0.6) is 0 Å². The predicted octanol–water partition coefficient (Wildman–Crippen LogP) is 1.39. The molecule has 27 heavy (non-hydrogen) atoms. The third kappa shape index (κ3) is 3.26. The van der Waals surface area contributed by atoms with Gasteiger partial charge in [0, 0.05) is 57.2 Å². The molecular formula is C19H26N6O2. The van der Waals surface area contributed by atoms with Gasteiger partial charge in [0.2, 0.25) is 11.8 Å². The number of carbonyl (C=O) groups excluding carboxylic acids is 1. The summed E-state index contributed by atoms with van der Waals surface area (Å²) in [5, 5.41) is 11.9. The molecule has 0 aromatic carbocycles. The first-order valence-corrected chi connectivity index (χ1v) is 10.0. The quantitative estimate of drug-likeness (QED) is 0.875. The molecule has 0 bridgehead atoms. The SMILES string of the molecule is Cn1cc([C@H]2CNC[C@@H]2C(=O)N2CCCC(c3noc(C4CC4)n3)C2)cn1. The van der Waals surface area contributed by atoms with Gasteiger partial charge in [0.05, 0.1) is 12.1 Å². The normalized spacial score (nSPS) is 28.6. The number of likely N-dealkylation sites (tertiary alicyclic amines) is 1. The molecule has 4 heterocycles. The van der Waals surface area contributed by atoms with E-state index in [4.69, 9.17) is 4.52 Å². The number of aryl methyl sites for hydroxylation is 1. The van der Waals surface area contributed by atoms with E-state index in [1.54, 1.807) is 4.68 Å². The Hall–Kier alpha value is -2.22. The molecule has 2 aromatic rings. The Morgan fingerprint density at radius 1 is 1.26 bits per heavy atom. The van der Waals surface area contributed by atoms with Crippen LogP contribution in [0, 0.1) is 5.92 Å². The molecule has 3 aliphatic rings. The molecule has 2 saturated heterocycles. The lowest BCUT2D eigenvalue weighted by molar-refractivity contribution is -0.136. The van der Waals surface area contributed by atoms with Crippen molar-refractivity contribution in [1.82, 2.24) is 30.1 Å². The number of rotatable bonds is 4. The Morgan fingerprint density at radius 3 is 2.93 bits per heavy atom. The van der Waals surface area contributed by atoms with Crippen LogP contribution in [0.2, 0.25) is 0 Å². The van der Waals surface area contributed by atoms with Gasteiger partial charge in [0.1, 0.15) is 0 Å². The van der Waals surface area contributed by atoms with Crippen molar-refractivity contribution < 1.29 is 9.32 Å². The molecule has 3 atom stereocenters. The lowest BCUT2D eigenvalue weighted by Gasteiger charge is -2.34. The lowest BCUT2D eigenvalue weighted by atomic mass is 9.88. The van der Waals surface area contributed by atoms with Crippen molar-refractivity contribution in [1.29, 1.82) is 0 Å². The number of hydrogen-bond donors (Lipinski definition) is 1. The van der Waals surface area contributed by atoms with E-state index in [-0.39, 0.29) is 23.7 Å². The van der Waals surface area contributed by atoms with Crippen LogP contribution < -0.4 is 5.32 Å². The molecule has 0 radical (unpaired) electrons. The van der Waals surface area contributed by atoms with Gasteiger partial charge in [-0.3, -0.25) is 9.48 Å². The molecule has 1 saturated carbocycles. The van der Waals surface area contributed by atoms with Gasteiger partial charge in [-0.1, -0.05) is 5.16 Å². The molecule has 0 spiro atoms. The smallest absolute Gasteiger partial charge is 0.229 e. The molecule has 1 N–H and O–H groups in total. The summed E-state index contributed by atoms with van der Waals surface area (Å²) < 4.78 is 7.24. The Morgan fingerprint density at radius 2 is 2.15 bits per heavy atom. The van der Waals surface area contributed by atoms with Crippen molar-refractivity contribution >= 4 is 5.91 Å². The van der Waals surface area contributed by atoms with Crippen LogP contribution in [0.3, 0.4) is 0 Å². The van der Waals surface area contributed by atoms with E-state index in [0.29, 0.717) is 12.5 Å². The van der Waals surface area contributed by atoms with Crippen LogP contribution in [0.1, 0.15) is 60.7 Å². The number of aromatic nitrogens is 4. The third-order valence-electron chi connectivity index (χ3n) is 6.17. The first-order valence-electron chi connectivity index (χ1n) is 10.0. The number of nitrogens with one attached hydrogen (secondary N) is 1. The van der Waals surface area contributed by atoms with E-state index >= 15 is 0 Å². The highest BCUT2D eigenvalue weighted by atomic mass is 16.5. The average Bonchev–Trinajstić information content (AvgIpc) is 3.10. The zero-order valence-corrected chi connectivity index (χ0v) is 15.7. The summed E-state index contributed by atoms with van der Waals surface area (Å²) in [4.78, 5) is 19.9. The second-order valence-corrected chi connectivity index (χ2v) is 8.21. The van der Waals surface area contributed by atoms with Crippen molar-refractivity contribution in [2.24, 2.45) is 13.0 Å². The molecule has 5 rings (SSSR count). The van der Waals surface area contributed by atoms with E-state index in [2.05, 4.69) is 20.6 Å². The van der Waals surface area contributed by atoms with Gasteiger partial charge < -0.3 is 14.7 Å². The largest absolute Gasteiger partial charge is 0.342 e. The molecule has 3 fully saturated rings. The van der Waals surface area contributed by atoms with Crippen LogP contribution in [0.25, 0.3) is 0 Å². The van der Waals surface area contributed by atoms with E-state index in [1.165, 1.54) is 0 Å². The molecule has 8 heteroatoms. The molecule has 1 aliphatic carbocycles. The summed E-state index contributed by atoms with van der Waals surface area (Å²) in [6, 6.07) is 0. The highest BCUT2D eigenvalue weighted by Crippen LogP contribution is 2.40. The predicted molar refractivity (Wildman–Crippen MR) is 97.1 cm³/mol. The van der Waals surface area contributed by atoms with Crippen molar-refractivity contribution in [2.75, 3.05) is 26.2 Å². The summed E-state index contributed by atoms with van der Waals surface area (Å²) in [5.74, 6) is 2.62. The standard InChI is InChI=1S/C19H26N6O2/c1-24-10-14(7-21-24)15-8-20-9-16(15)19(26)25-6-2-3-13(11-25)17-22-18(27-23-17)12-4-5-12/h7,10,12-13,15-16,20H,2-6,8-9,11H2,1H3/t13?,15-,16+/m1/s1. The Labute approximate surface area is 158 Å². The van der Waals surface area contributed by atoms with E-state index < -0.39 is 0 Å². The van der Waals surface area contributed by atoms with Crippen LogP contribution in [-0.2, 0) is 11.8 Å². The van der Waals surface area contributed by atoms with Crippen LogP contribution >= 0.6 is 0 Å². The van der Waals surface area contributed by atoms with Crippen molar-refractivity contribution in [3.8, 4) is 0 Å². The fourth-order valence-corrected chi connectivity index (χ4v) is 4.45. The van der Waals surface area contributed by atoms with E-state index in [1.807, 2.05) is 24.3 Å². The minimum Gasteiger partial charge on any atom is -0.342 e. The summed E-state index contributed by atoms with van der Waals surface area (Å²) in [6.45, 7) is 3.07. The Kier molecular flexibility index (Phi) is 4.22. The topological polar surface area (TPSA) is 89.1 Å². The van der Waals surface area contributed by atoms with Crippen molar-refractivity contribution in [3.63, 3.8) is 0 Å². The fourth-order valence-electron chi connectivity index (χ4n) is 4.45. The molecule has 2 aromatic heterocycles. The maximum Gasteiger partial charge on any atom is 0.229 e.